The van der Waals surface area contributed by atoms with Crippen LogP contribution < -0.4 is 14.2 Å². The monoisotopic (exact) mass is 347 g/mol. The largest absolute Gasteiger partial charge is 0.493 e. The zero-order valence-corrected chi connectivity index (χ0v) is 15.0. The van der Waals surface area contributed by atoms with Crippen LogP contribution >= 0.6 is 0 Å². The van der Waals surface area contributed by atoms with Gasteiger partial charge in [0.2, 0.25) is 0 Å². The quantitative estimate of drug-likeness (QED) is 0.656. The second-order valence-electron chi connectivity index (χ2n) is 5.86. The second-order valence-corrected chi connectivity index (χ2v) is 5.86. The van der Waals surface area contributed by atoms with Gasteiger partial charge in [0.05, 0.1) is 24.4 Å². The molecule has 4 heteroatoms. The second kappa shape index (κ2) is 9.94. The number of ether oxygens (including phenoxy) is 3. The third-order valence-electron chi connectivity index (χ3n) is 3.85. The lowest BCUT2D eigenvalue weighted by Gasteiger charge is -2.13. The SMILES string of the molecule is [2H]C(O)(CCCCc1ccc(OC)c(OC)c1)C([2H])([2H])Oc1cccc(C)c1. The summed E-state index contributed by atoms with van der Waals surface area (Å²) in [6.07, 6.45) is -0.506. The summed E-state index contributed by atoms with van der Waals surface area (Å²) in [5.41, 5.74) is 1.96. The topological polar surface area (TPSA) is 47.9 Å². The van der Waals surface area contributed by atoms with Crippen molar-refractivity contribution in [2.24, 2.45) is 0 Å². The van der Waals surface area contributed by atoms with E-state index in [0.717, 1.165) is 17.5 Å². The number of methoxy groups -OCH3 is 2. The van der Waals surface area contributed by atoms with Crippen LogP contribution in [0.25, 0.3) is 0 Å². The lowest BCUT2D eigenvalue weighted by molar-refractivity contribution is 0.0976. The van der Waals surface area contributed by atoms with Crippen LogP contribution in [0.15, 0.2) is 42.5 Å². The minimum Gasteiger partial charge on any atom is -0.493 e. The molecule has 0 spiro atoms. The average molecular weight is 347 g/mol. The maximum absolute atomic E-state index is 10.4. The fourth-order valence-electron chi connectivity index (χ4n) is 2.51. The van der Waals surface area contributed by atoms with Crippen LogP contribution in [0, 0.1) is 6.92 Å². The van der Waals surface area contributed by atoms with Crippen molar-refractivity contribution in [1.82, 2.24) is 0 Å². The molecule has 1 atom stereocenters. The number of aryl methyl sites for hydroxylation is 2. The summed E-state index contributed by atoms with van der Waals surface area (Å²) in [7, 11) is 3.16. The van der Waals surface area contributed by atoms with E-state index in [-0.39, 0.29) is 6.42 Å². The van der Waals surface area contributed by atoms with Crippen molar-refractivity contribution in [2.45, 2.75) is 38.7 Å². The van der Waals surface area contributed by atoms with E-state index in [0.29, 0.717) is 30.1 Å². The highest BCUT2D eigenvalue weighted by molar-refractivity contribution is 5.42. The van der Waals surface area contributed by atoms with Crippen LogP contribution in [0.4, 0.5) is 0 Å². The minimum absolute atomic E-state index is 0.0426. The summed E-state index contributed by atoms with van der Waals surface area (Å²) in [6.45, 7) is -0.659. The smallest absolute Gasteiger partial charge is 0.160 e. The van der Waals surface area contributed by atoms with Crippen molar-refractivity contribution >= 4 is 0 Å². The Labute approximate surface area is 154 Å². The van der Waals surface area contributed by atoms with E-state index < -0.39 is 12.6 Å². The summed E-state index contributed by atoms with van der Waals surface area (Å²) in [5, 5.41) is 10.4. The lowest BCUT2D eigenvalue weighted by atomic mass is 10.0. The van der Waals surface area contributed by atoms with Crippen molar-refractivity contribution in [1.29, 1.82) is 0 Å². The number of rotatable bonds is 10. The Kier molecular flexibility index (Phi) is 6.00. The molecule has 25 heavy (non-hydrogen) atoms. The lowest BCUT2D eigenvalue weighted by Crippen LogP contribution is -2.17. The van der Waals surface area contributed by atoms with Crippen molar-refractivity contribution in [3.05, 3.63) is 53.6 Å². The van der Waals surface area contributed by atoms with E-state index in [4.69, 9.17) is 18.3 Å². The highest BCUT2D eigenvalue weighted by Crippen LogP contribution is 2.28. The number of aliphatic hydroxyl groups is 1. The van der Waals surface area contributed by atoms with Gasteiger partial charge in [-0.15, -0.1) is 0 Å². The Balaban J connectivity index is 1.90. The highest BCUT2D eigenvalue weighted by atomic mass is 16.5. The molecule has 2 aromatic rings. The Bertz CT molecular complexity index is 778. The normalized spacial score (nSPS) is 15.4. The summed E-state index contributed by atoms with van der Waals surface area (Å²) in [6, 6.07) is 12.6. The molecule has 0 aliphatic carbocycles. The number of hydrogen-bond acceptors (Lipinski definition) is 4. The Morgan fingerprint density at radius 3 is 2.60 bits per heavy atom. The summed E-state index contributed by atoms with van der Waals surface area (Å²) in [5.74, 6) is 1.61. The maximum Gasteiger partial charge on any atom is 0.160 e. The van der Waals surface area contributed by atoms with Gasteiger partial charge in [-0.2, -0.15) is 0 Å². The number of benzene rings is 2. The molecule has 0 amide bonds. The molecule has 1 N–H and O–H groups in total. The molecule has 0 saturated heterocycles. The maximum atomic E-state index is 10.4. The summed E-state index contributed by atoms with van der Waals surface area (Å²) in [4.78, 5) is 0. The molecule has 0 bridgehead atoms. The first-order valence-electron chi connectivity index (χ1n) is 9.87. The minimum atomic E-state index is -2.52. The molecule has 0 aliphatic rings. The van der Waals surface area contributed by atoms with Crippen molar-refractivity contribution < 1.29 is 23.4 Å². The van der Waals surface area contributed by atoms with Crippen molar-refractivity contribution in [3.8, 4) is 17.2 Å². The first kappa shape index (κ1) is 15.1. The molecule has 2 aromatic carbocycles. The van der Waals surface area contributed by atoms with E-state index in [1.807, 2.05) is 31.2 Å². The predicted octanol–water partition coefficient (Wildman–Crippen LogP) is 4.16. The van der Waals surface area contributed by atoms with Gasteiger partial charge in [-0.05, 0) is 61.6 Å². The third-order valence-corrected chi connectivity index (χ3v) is 3.85. The van der Waals surface area contributed by atoms with Gasteiger partial charge >= 0.3 is 0 Å². The number of hydrogen-bond donors (Lipinski definition) is 1. The first-order chi connectivity index (χ1) is 13.2. The number of unbranched alkanes of at least 4 members (excludes halogenated alkanes) is 1. The van der Waals surface area contributed by atoms with Gasteiger partial charge in [0.15, 0.2) is 11.5 Å². The van der Waals surface area contributed by atoms with E-state index >= 15 is 0 Å². The Morgan fingerprint density at radius 1 is 1.08 bits per heavy atom. The van der Waals surface area contributed by atoms with Crippen LogP contribution in [0.1, 0.15) is 34.5 Å². The summed E-state index contributed by atoms with van der Waals surface area (Å²) >= 11 is 0. The molecular weight excluding hydrogens is 316 g/mol. The molecule has 4 nitrogen and oxygen atoms in total. The van der Waals surface area contributed by atoms with Gasteiger partial charge in [0.1, 0.15) is 12.3 Å². The molecule has 1 unspecified atom stereocenters. The van der Waals surface area contributed by atoms with E-state index in [1.54, 1.807) is 32.4 Å². The molecule has 0 saturated carbocycles. The molecule has 0 aromatic heterocycles. The Morgan fingerprint density at radius 2 is 1.88 bits per heavy atom. The molecule has 0 radical (unpaired) electrons. The first-order valence-corrected chi connectivity index (χ1v) is 8.37. The van der Waals surface area contributed by atoms with Gasteiger partial charge in [0, 0.05) is 0 Å². The predicted molar refractivity (Wildman–Crippen MR) is 99.8 cm³/mol. The molecular formula is C21H28O4. The van der Waals surface area contributed by atoms with Crippen LogP contribution in [-0.2, 0) is 6.42 Å². The zero-order chi connectivity index (χ0) is 20.8. The van der Waals surface area contributed by atoms with Gasteiger partial charge in [-0.1, -0.05) is 24.6 Å². The van der Waals surface area contributed by atoms with Gasteiger partial charge in [-0.3, -0.25) is 0 Å². The average Bonchev–Trinajstić information content (AvgIpc) is 2.64. The van der Waals surface area contributed by atoms with Crippen LogP contribution in [0.5, 0.6) is 17.2 Å². The van der Waals surface area contributed by atoms with E-state index in [9.17, 15) is 5.11 Å². The van der Waals surface area contributed by atoms with Crippen molar-refractivity contribution in [2.75, 3.05) is 20.8 Å². The molecule has 0 fully saturated rings. The fourth-order valence-corrected chi connectivity index (χ4v) is 2.51. The standard InChI is InChI=1S/C21H28O4/c1-16-7-6-10-19(13-16)25-15-18(22)9-5-4-8-17-11-12-20(23-2)21(14-17)24-3/h6-7,10-14,18,22H,4-5,8-9,15H2,1-3H3/i15D2,18D. The van der Waals surface area contributed by atoms with E-state index in [2.05, 4.69) is 0 Å². The van der Waals surface area contributed by atoms with Crippen LogP contribution in [0.3, 0.4) is 0 Å². The van der Waals surface area contributed by atoms with Gasteiger partial charge < -0.3 is 19.3 Å². The molecule has 136 valence electrons. The fraction of sp³-hybridized carbons (Fsp3) is 0.429. The van der Waals surface area contributed by atoms with Gasteiger partial charge in [-0.25, -0.2) is 0 Å². The Hall–Kier alpha value is -2.20. The van der Waals surface area contributed by atoms with Crippen LogP contribution in [-0.4, -0.2) is 32.0 Å². The molecule has 0 heterocycles. The zero-order valence-electron chi connectivity index (χ0n) is 18.0. The van der Waals surface area contributed by atoms with E-state index in [1.165, 1.54) is 0 Å². The highest BCUT2D eigenvalue weighted by Gasteiger charge is 2.07. The molecule has 0 aliphatic heterocycles. The summed E-state index contributed by atoms with van der Waals surface area (Å²) < 4.78 is 39.9. The van der Waals surface area contributed by atoms with Gasteiger partial charge in [0.25, 0.3) is 0 Å². The molecule has 2 rings (SSSR count). The van der Waals surface area contributed by atoms with Crippen molar-refractivity contribution in [3.63, 3.8) is 0 Å². The van der Waals surface area contributed by atoms with Crippen LogP contribution in [0.2, 0.25) is 0 Å². The third kappa shape index (κ3) is 6.31.